The van der Waals surface area contributed by atoms with Crippen molar-refractivity contribution in [1.82, 2.24) is 10.2 Å². The first-order chi connectivity index (χ1) is 9.20. The fourth-order valence-corrected chi connectivity index (χ4v) is 2.37. The second-order valence-electron chi connectivity index (χ2n) is 5.96. The molecule has 2 rings (SSSR count). The van der Waals surface area contributed by atoms with Gasteiger partial charge in [-0.1, -0.05) is 27.2 Å². The molecule has 0 atom stereocenters. The van der Waals surface area contributed by atoms with Crippen LogP contribution in [0.5, 0.6) is 0 Å². The van der Waals surface area contributed by atoms with Crippen LogP contribution in [0.15, 0.2) is 16.7 Å². The summed E-state index contributed by atoms with van der Waals surface area (Å²) >= 11 is 0. The summed E-state index contributed by atoms with van der Waals surface area (Å²) in [5.74, 6) is 1.11. The van der Waals surface area contributed by atoms with Gasteiger partial charge in [-0.25, -0.2) is 0 Å². The van der Waals surface area contributed by atoms with Crippen LogP contribution in [-0.2, 0) is 13.1 Å². The van der Waals surface area contributed by atoms with E-state index in [1.807, 2.05) is 6.26 Å². The number of hydrogen-bond donors (Lipinski definition) is 1. The second-order valence-corrected chi connectivity index (χ2v) is 5.96. The van der Waals surface area contributed by atoms with E-state index in [1.165, 1.54) is 37.8 Å². The first-order valence-electron chi connectivity index (χ1n) is 7.73. The SMILES string of the molecule is CCCCN(Cc1ccoc1CNC(C)C)C1CC1. The Kier molecular flexibility index (Phi) is 5.46. The average molecular weight is 264 g/mol. The highest BCUT2D eigenvalue weighted by molar-refractivity contribution is 5.17. The molecule has 0 unspecified atom stereocenters. The van der Waals surface area contributed by atoms with Crippen LogP contribution in [0.4, 0.5) is 0 Å². The fourth-order valence-electron chi connectivity index (χ4n) is 2.37. The molecule has 0 bridgehead atoms. The van der Waals surface area contributed by atoms with E-state index in [0.717, 1.165) is 24.9 Å². The average Bonchev–Trinajstić information content (AvgIpc) is 3.13. The molecule has 0 amide bonds. The third kappa shape index (κ3) is 4.66. The highest BCUT2D eigenvalue weighted by Gasteiger charge is 2.29. The van der Waals surface area contributed by atoms with Crippen LogP contribution in [-0.4, -0.2) is 23.5 Å². The van der Waals surface area contributed by atoms with Crippen LogP contribution >= 0.6 is 0 Å². The molecular weight excluding hydrogens is 236 g/mol. The van der Waals surface area contributed by atoms with Crippen LogP contribution in [0.25, 0.3) is 0 Å². The highest BCUT2D eigenvalue weighted by Crippen LogP contribution is 2.29. The number of hydrogen-bond acceptors (Lipinski definition) is 3. The molecule has 0 radical (unpaired) electrons. The first kappa shape index (κ1) is 14.6. The summed E-state index contributed by atoms with van der Waals surface area (Å²) in [7, 11) is 0. The fraction of sp³-hybridized carbons (Fsp3) is 0.750. The van der Waals surface area contributed by atoms with E-state index >= 15 is 0 Å². The predicted molar refractivity (Wildman–Crippen MR) is 79.0 cm³/mol. The van der Waals surface area contributed by atoms with E-state index < -0.39 is 0 Å². The normalized spacial score (nSPS) is 15.6. The topological polar surface area (TPSA) is 28.4 Å². The van der Waals surface area contributed by atoms with Gasteiger partial charge in [0.15, 0.2) is 0 Å². The zero-order chi connectivity index (χ0) is 13.7. The van der Waals surface area contributed by atoms with E-state index in [4.69, 9.17) is 4.42 Å². The lowest BCUT2D eigenvalue weighted by molar-refractivity contribution is 0.248. The Morgan fingerprint density at radius 2 is 2.21 bits per heavy atom. The van der Waals surface area contributed by atoms with Gasteiger partial charge in [0.1, 0.15) is 5.76 Å². The van der Waals surface area contributed by atoms with Crippen molar-refractivity contribution < 1.29 is 4.42 Å². The first-order valence-corrected chi connectivity index (χ1v) is 7.73. The third-order valence-corrected chi connectivity index (χ3v) is 3.74. The maximum Gasteiger partial charge on any atom is 0.122 e. The van der Waals surface area contributed by atoms with Crippen LogP contribution in [0, 0.1) is 0 Å². The molecule has 0 aromatic carbocycles. The summed E-state index contributed by atoms with van der Waals surface area (Å²) in [6.45, 7) is 9.72. The van der Waals surface area contributed by atoms with Gasteiger partial charge in [0.05, 0.1) is 12.8 Å². The van der Waals surface area contributed by atoms with Crippen molar-refractivity contribution in [2.24, 2.45) is 0 Å². The molecule has 0 spiro atoms. The maximum absolute atomic E-state index is 5.63. The van der Waals surface area contributed by atoms with Crippen molar-refractivity contribution in [2.45, 2.75) is 71.6 Å². The van der Waals surface area contributed by atoms with Crippen molar-refractivity contribution in [3.63, 3.8) is 0 Å². The summed E-state index contributed by atoms with van der Waals surface area (Å²) in [5.41, 5.74) is 1.36. The lowest BCUT2D eigenvalue weighted by Gasteiger charge is -2.21. The number of unbranched alkanes of at least 4 members (excludes halogenated alkanes) is 1. The molecule has 108 valence electrons. The molecule has 3 heteroatoms. The van der Waals surface area contributed by atoms with Crippen molar-refractivity contribution in [2.75, 3.05) is 6.54 Å². The zero-order valence-electron chi connectivity index (χ0n) is 12.6. The van der Waals surface area contributed by atoms with Crippen molar-refractivity contribution >= 4 is 0 Å². The Morgan fingerprint density at radius 1 is 1.42 bits per heavy atom. The van der Waals surface area contributed by atoms with Gasteiger partial charge in [-0.2, -0.15) is 0 Å². The minimum atomic E-state index is 0.498. The standard InChI is InChI=1S/C16H28N2O/c1-4-5-9-18(15-6-7-15)12-14-8-10-19-16(14)11-17-13(2)3/h8,10,13,15,17H,4-7,9,11-12H2,1-3H3. The van der Waals surface area contributed by atoms with Crippen molar-refractivity contribution in [3.05, 3.63) is 23.7 Å². The van der Waals surface area contributed by atoms with E-state index in [9.17, 15) is 0 Å². The Hall–Kier alpha value is -0.800. The lowest BCUT2D eigenvalue weighted by Crippen LogP contribution is -2.28. The highest BCUT2D eigenvalue weighted by atomic mass is 16.3. The molecule has 0 aliphatic heterocycles. The second kappa shape index (κ2) is 7.11. The molecule has 1 fully saturated rings. The Labute approximate surface area is 117 Å². The maximum atomic E-state index is 5.63. The Balaban J connectivity index is 1.90. The smallest absolute Gasteiger partial charge is 0.122 e. The third-order valence-electron chi connectivity index (χ3n) is 3.74. The Morgan fingerprint density at radius 3 is 2.84 bits per heavy atom. The molecule has 1 aliphatic carbocycles. The number of furan rings is 1. The number of nitrogens with zero attached hydrogens (tertiary/aromatic N) is 1. The van der Waals surface area contributed by atoms with Crippen molar-refractivity contribution in [1.29, 1.82) is 0 Å². The van der Waals surface area contributed by atoms with Gasteiger partial charge in [0.25, 0.3) is 0 Å². The summed E-state index contributed by atoms with van der Waals surface area (Å²) in [4.78, 5) is 2.63. The van der Waals surface area contributed by atoms with Gasteiger partial charge >= 0.3 is 0 Å². The van der Waals surface area contributed by atoms with Gasteiger partial charge in [0, 0.05) is 24.2 Å². The minimum absolute atomic E-state index is 0.498. The number of nitrogens with one attached hydrogen (secondary N) is 1. The molecule has 1 N–H and O–H groups in total. The molecule has 3 nitrogen and oxygen atoms in total. The minimum Gasteiger partial charge on any atom is -0.468 e. The molecule has 1 heterocycles. The van der Waals surface area contributed by atoms with E-state index in [1.54, 1.807) is 0 Å². The van der Waals surface area contributed by atoms with E-state index in [0.29, 0.717) is 6.04 Å². The van der Waals surface area contributed by atoms with Crippen LogP contribution < -0.4 is 5.32 Å². The zero-order valence-corrected chi connectivity index (χ0v) is 12.6. The largest absolute Gasteiger partial charge is 0.468 e. The molecule has 19 heavy (non-hydrogen) atoms. The molecule has 1 saturated carbocycles. The summed E-state index contributed by atoms with van der Waals surface area (Å²) < 4.78 is 5.63. The molecule has 1 aliphatic rings. The van der Waals surface area contributed by atoms with Crippen LogP contribution in [0.3, 0.4) is 0 Å². The molecule has 1 aromatic rings. The quantitative estimate of drug-likeness (QED) is 0.739. The molecule has 1 aromatic heterocycles. The van der Waals surface area contributed by atoms with Crippen LogP contribution in [0.1, 0.15) is 57.8 Å². The number of rotatable bonds is 9. The van der Waals surface area contributed by atoms with Crippen LogP contribution in [0.2, 0.25) is 0 Å². The van der Waals surface area contributed by atoms with Gasteiger partial charge in [-0.05, 0) is 31.9 Å². The van der Waals surface area contributed by atoms with Gasteiger partial charge in [0.2, 0.25) is 0 Å². The Bertz CT molecular complexity index is 369. The summed E-state index contributed by atoms with van der Waals surface area (Å²) in [6, 6.07) is 3.46. The summed E-state index contributed by atoms with van der Waals surface area (Å²) in [5, 5.41) is 3.44. The molecule has 0 saturated heterocycles. The van der Waals surface area contributed by atoms with E-state index in [2.05, 4.69) is 37.1 Å². The van der Waals surface area contributed by atoms with E-state index in [-0.39, 0.29) is 0 Å². The summed E-state index contributed by atoms with van der Waals surface area (Å²) in [6.07, 6.45) is 7.16. The van der Waals surface area contributed by atoms with Crippen molar-refractivity contribution in [3.8, 4) is 0 Å². The lowest BCUT2D eigenvalue weighted by atomic mass is 10.2. The monoisotopic (exact) mass is 264 g/mol. The molecular formula is C16H28N2O. The predicted octanol–water partition coefficient (Wildman–Crippen LogP) is 3.54. The van der Waals surface area contributed by atoms with Gasteiger partial charge in [-0.3, -0.25) is 4.90 Å². The van der Waals surface area contributed by atoms with Gasteiger partial charge < -0.3 is 9.73 Å². The van der Waals surface area contributed by atoms with Gasteiger partial charge in [-0.15, -0.1) is 0 Å².